The van der Waals surface area contributed by atoms with Crippen LogP contribution in [0.4, 0.5) is 15.8 Å². The topological polar surface area (TPSA) is 29.3 Å². The predicted octanol–water partition coefficient (Wildman–Crippen LogP) is 4.35. The standard InChI is InChI=1S/C16H18FIN2/c1-3-20(10-12-7-5-4-6-11(12)2)16-8-13(17)14(18)9-15(16)19/h4-9H,3,10,19H2,1-2H3. The summed E-state index contributed by atoms with van der Waals surface area (Å²) in [6.07, 6.45) is 0. The van der Waals surface area contributed by atoms with Gasteiger partial charge < -0.3 is 10.6 Å². The Morgan fingerprint density at radius 2 is 1.95 bits per heavy atom. The van der Waals surface area contributed by atoms with E-state index in [1.165, 1.54) is 17.2 Å². The molecule has 2 rings (SSSR count). The van der Waals surface area contributed by atoms with Crippen LogP contribution in [0.2, 0.25) is 0 Å². The van der Waals surface area contributed by atoms with Crippen LogP contribution >= 0.6 is 22.6 Å². The molecule has 0 spiro atoms. The molecule has 0 aliphatic carbocycles. The van der Waals surface area contributed by atoms with Crippen molar-refractivity contribution in [2.75, 3.05) is 17.2 Å². The van der Waals surface area contributed by atoms with Gasteiger partial charge in [0.15, 0.2) is 0 Å². The van der Waals surface area contributed by atoms with Gasteiger partial charge in [0.05, 0.1) is 14.9 Å². The first-order valence-corrected chi connectivity index (χ1v) is 7.64. The molecule has 0 aromatic heterocycles. The predicted molar refractivity (Wildman–Crippen MR) is 91.4 cm³/mol. The van der Waals surface area contributed by atoms with Crippen LogP contribution in [0.5, 0.6) is 0 Å². The second kappa shape index (κ2) is 6.43. The molecule has 0 saturated carbocycles. The molecule has 0 aliphatic rings. The Bertz CT molecular complexity index is 613. The van der Waals surface area contributed by atoms with Crippen molar-refractivity contribution < 1.29 is 4.39 Å². The smallest absolute Gasteiger partial charge is 0.138 e. The van der Waals surface area contributed by atoms with E-state index in [2.05, 4.69) is 24.0 Å². The van der Waals surface area contributed by atoms with Gasteiger partial charge in [-0.3, -0.25) is 0 Å². The average molecular weight is 384 g/mol. The first-order chi connectivity index (χ1) is 9.52. The van der Waals surface area contributed by atoms with Gasteiger partial charge in [0.1, 0.15) is 5.82 Å². The molecule has 0 radical (unpaired) electrons. The van der Waals surface area contributed by atoms with Crippen LogP contribution < -0.4 is 10.6 Å². The number of hydrogen-bond donors (Lipinski definition) is 1. The Balaban J connectivity index is 2.34. The van der Waals surface area contributed by atoms with Gasteiger partial charge in [-0.25, -0.2) is 4.39 Å². The van der Waals surface area contributed by atoms with Crippen molar-refractivity contribution in [3.63, 3.8) is 0 Å². The second-order valence-electron chi connectivity index (χ2n) is 4.77. The highest BCUT2D eigenvalue weighted by Crippen LogP contribution is 2.29. The molecule has 0 fully saturated rings. The average Bonchev–Trinajstić information content (AvgIpc) is 2.42. The lowest BCUT2D eigenvalue weighted by molar-refractivity contribution is 0.619. The van der Waals surface area contributed by atoms with Crippen LogP contribution in [-0.4, -0.2) is 6.54 Å². The Labute approximate surface area is 132 Å². The third-order valence-corrected chi connectivity index (χ3v) is 4.24. The molecule has 0 amide bonds. The summed E-state index contributed by atoms with van der Waals surface area (Å²) in [5, 5.41) is 0. The number of anilines is 2. The number of nitrogen functional groups attached to an aromatic ring is 1. The zero-order chi connectivity index (χ0) is 14.7. The van der Waals surface area contributed by atoms with Crippen molar-refractivity contribution in [1.29, 1.82) is 0 Å². The van der Waals surface area contributed by atoms with Crippen molar-refractivity contribution >= 4 is 34.0 Å². The molecule has 4 heteroatoms. The fourth-order valence-electron chi connectivity index (χ4n) is 2.19. The summed E-state index contributed by atoms with van der Waals surface area (Å²) in [4.78, 5) is 2.09. The van der Waals surface area contributed by atoms with E-state index in [-0.39, 0.29) is 5.82 Å². The van der Waals surface area contributed by atoms with Crippen molar-refractivity contribution in [3.05, 3.63) is 56.9 Å². The van der Waals surface area contributed by atoms with E-state index in [1.807, 2.05) is 41.6 Å². The van der Waals surface area contributed by atoms with Gasteiger partial charge in [0.25, 0.3) is 0 Å². The first kappa shape index (κ1) is 15.1. The summed E-state index contributed by atoms with van der Waals surface area (Å²) in [6, 6.07) is 11.4. The maximum absolute atomic E-state index is 13.8. The number of hydrogen-bond acceptors (Lipinski definition) is 2. The van der Waals surface area contributed by atoms with Crippen molar-refractivity contribution in [3.8, 4) is 0 Å². The maximum atomic E-state index is 13.8. The third-order valence-electron chi connectivity index (χ3n) is 3.41. The largest absolute Gasteiger partial charge is 0.397 e. The van der Waals surface area contributed by atoms with Crippen LogP contribution in [-0.2, 0) is 6.54 Å². The molecule has 0 bridgehead atoms. The second-order valence-corrected chi connectivity index (χ2v) is 5.93. The van der Waals surface area contributed by atoms with E-state index in [9.17, 15) is 4.39 Å². The van der Waals surface area contributed by atoms with Crippen molar-refractivity contribution in [2.45, 2.75) is 20.4 Å². The van der Waals surface area contributed by atoms with Crippen LogP contribution in [0.25, 0.3) is 0 Å². The quantitative estimate of drug-likeness (QED) is 0.628. The molecule has 2 N–H and O–H groups in total. The van der Waals surface area contributed by atoms with Crippen molar-refractivity contribution in [1.82, 2.24) is 0 Å². The Morgan fingerprint density at radius 1 is 1.25 bits per heavy atom. The summed E-state index contributed by atoms with van der Waals surface area (Å²) in [7, 11) is 0. The van der Waals surface area contributed by atoms with Crippen LogP contribution in [0.3, 0.4) is 0 Å². The SMILES string of the molecule is CCN(Cc1ccccc1C)c1cc(F)c(I)cc1N. The molecule has 0 saturated heterocycles. The highest BCUT2D eigenvalue weighted by atomic mass is 127. The number of nitrogens with zero attached hydrogens (tertiary/aromatic N) is 1. The zero-order valence-electron chi connectivity index (χ0n) is 11.7. The van der Waals surface area contributed by atoms with E-state index in [0.29, 0.717) is 9.26 Å². The summed E-state index contributed by atoms with van der Waals surface area (Å²) in [6.45, 7) is 5.64. The molecule has 0 heterocycles. The van der Waals surface area contributed by atoms with Crippen LogP contribution in [0, 0.1) is 16.3 Å². The van der Waals surface area contributed by atoms with E-state index in [0.717, 1.165) is 18.8 Å². The molecule has 20 heavy (non-hydrogen) atoms. The molecule has 2 aromatic carbocycles. The van der Waals surface area contributed by atoms with E-state index >= 15 is 0 Å². The lowest BCUT2D eigenvalue weighted by atomic mass is 10.1. The monoisotopic (exact) mass is 384 g/mol. The molecule has 106 valence electrons. The first-order valence-electron chi connectivity index (χ1n) is 6.57. The van der Waals surface area contributed by atoms with E-state index in [1.54, 1.807) is 6.07 Å². The van der Waals surface area contributed by atoms with Gasteiger partial charge in [-0.2, -0.15) is 0 Å². The lowest BCUT2D eigenvalue weighted by Gasteiger charge is -2.25. The van der Waals surface area contributed by atoms with Gasteiger partial charge in [-0.1, -0.05) is 24.3 Å². The summed E-state index contributed by atoms with van der Waals surface area (Å²) in [5.41, 5.74) is 9.88. The molecule has 0 atom stereocenters. The number of benzene rings is 2. The minimum Gasteiger partial charge on any atom is -0.397 e. The van der Waals surface area contributed by atoms with Crippen LogP contribution in [0.1, 0.15) is 18.1 Å². The number of rotatable bonds is 4. The highest BCUT2D eigenvalue weighted by molar-refractivity contribution is 14.1. The molecular formula is C16H18FIN2. The van der Waals surface area contributed by atoms with Gasteiger partial charge in [-0.05, 0) is 53.6 Å². The number of halogens is 2. The Kier molecular flexibility index (Phi) is 4.86. The van der Waals surface area contributed by atoms with Crippen molar-refractivity contribution in [2.24, 2.45) is 0 Å². The summed E-state index contributed by atoms with van der Waals surface area (Å²) in [5.74, 6) is -0.224. The minimum atomic E-state index is -0.224. The number of aryl methyl sites for hydroxylation is 1. The minimum absolute atomic E-state index is 0.224. The molecule has 0 aliphatic heterocycles. The fraction of sp³-hybridized carbons (Fsp3) is 0.250. The van der Waals surface area contributed by atoms with Gasteiger partial charge in [0, 0.05) is 19.2 Å². The summed E-state index contributed by atoms with van der Waals surface area (Å²) >= 11 is 1.96. The Morgan fingerprint density at radius 3 is 2.60 bits per heavy atom. The lowest BCUT2D eigenvalue weighted by Crippen LogP contribution is -2.23. The maximum Gasteiger partial charge on any atom is 0.138 e. The highest BCUT2D eigenvalue weighted by Gasteiger charge is 2.13. The molecular weight excluding hydrogens is 366 g/mol. The molecule has 2 nitrogen and oxygen atoms in total. The zero-order valence-corrected chi connectivity index (χ0v) is 13.8. The van der Waals surface area contributed by atoms with E-state index in [4.69, 9.17) is 5.73 Å². The third kappa shape index (κ3) is 3.23. The molecule has 2 aromatic rings. The van der Waals surface area contributed by atoms with Crippen LogP contribution in [0.15, 0.2) is 36.4 Å². The molecule has 0 unspecified atom stereocenters. The Hall–Kier alpha value is -1.30. The normalized spacial score (nSPS) is 10.6. The fourth-order valence-corrected chi connectivity index (χ4v) is 2.68. The number of nitrogens with two attached hydrogens (primary N) is 1. The van der Waals surface area contributed by atoms with E-state index < -0.39 is 0 Å². The van der Waals surface area contributed by atoms with Gasteiger partial charge in [0.2, 0.25) is 0 Å². The van der Waals surface area contributed by atoms with Gasteiger partial charge in [-0.15, -0.1) is 0 Å². The van der Waals surface area contributed by atoms with Gasteiger partial charge >= 0.3 is 0 Å². The summed E-state index contributed by atoms with van der Waals surface area (Å²) < 4.78 is 14.3.